The molecule has 0 fully saturated rings. The maximum absolute atomic E-state index is 4.96. The van der Waals surface area contributed by atoms with Gasteiger partial charge in [0.15, 0.2) is 5.84 Å². The van der Waals surface area contributed by atoms with Crippen LogP contribution in [0.25, 0.3) is 10.8 Å². The molecule has 128 valence electrons. The van der Waals surface area contributed by atoms with Gasteiger partial charge in [-0.2, -0.15) is 5.10 Å². The number of pyridine rings is 1. The number of aliphatic imine (C=N–C) groups is 1. The average Bonchev–Trinajstić information content (AvgIpc) is 2.95. The topological polar surface area (TPSA) is 49.6 Å². The van der Waals surface area contributed by atoms with Crippen LogP contribution in [0.15, 0.2) is 101 Å². The quantitative estimate of drug-likeness (QED) is 0.572. The number of benzene rings is 3. The van der Waals surface area contributed by atoms with Gasteiger partial charge < -0.3 is 0 Å². The lowest BCUT2D eigenvalue weighted by molar-refractivity contribution is 1.03. The van der Waals surface area contributed by atoms with Gasteiger partial charge in [0.2, 0.25) is 0 Å². The highest BCUT2D eigenvalue weighted by Crippen LogP contribution is 2.33. The first-order valence-corrected chi connectivity index (χ1v) is 8.80. The normalized spacial score (nSPS) is 13.2. The van der Waals surface area contributed by atoms with Gasteiger partial charge in [-0.15, -0.1) is 0 Å². The molecular weight excluding hydrogens is 332 g/mol. The van der Waals surface area contributed by atoms with Gasteiger partial charge in [0.25, 0.3) is 0 Å². The molecule has 1 aliphatic rings. The smallest absolute Gasteiger partial charge is 0.155 e. The highest BCUT2D eigenvalue weighted by atomic mass is 15.3. The fraction of sp³-hybridized carbons (Fsp3) is 0. The Morgan fingerprint density at radius 1 is 0.704 bits per heavy atom. The Labute approximate surface area is 156 Å². The second kappa shape index (κ2) is 6.50. The third kappa shape index (κ3) is 2.77. The Hall–Kier alpha value is -3.79. The molecule has 0 bridgehead atoms. The van der Waals surface area contributed by atoms with Crippen LogP contribution in [0.3, 0.4) is 0 Å². The molecular formula is C23H16N4. The maximum Gasteiger partial charge on any atom is 0.155 e. The Morgan fingerprint density at radius 3 is 2.37 bits per heavy atom. The number of aromatic nitrogens is 1. The Bertz CT molecular complexity index is 1180. The van der Waals surface area contributed by atoms with Crippen molar-refractivity contribution < 1.29 is 0 Å². The lowest BCUT2D eigenvalue weighted by Gasteiger charge is -2.10. The van der Waals surface area contributed by atoms with Crippen molar-refractivity contribution in [3.63, 3.8) is 0 Å². The van der Waals surface area contributed by atoms with E-state index >= 15 is 0 Å². The van der Waals surface area contributed by atoms with Crippen LogP contribution in [-0.2, 0) is 0 Å². The Balaban J connectivity index is 1.80. The number of fused-ring (bicyclic) bond motifs is 3. The summed E-state index contributed by atoms with van der Waals surface area (Å²) in [5.74, 6) is 0.687. The minimum Gasteiger partial charge on any atom is -0.264 e. The summed E-state index contributed by atoms with van der Waals surface area (Å²) in [5, 5.41) is 6.96. The van der Waals surface area contributed by atoms with E-state index < -0.39 is 0 Å². The summed E-state index contributed by atoms with van der Waals surface area (Å²) in [5.41, 5.74) is 7.90. The van der Waals surface area contributed by atoms with Crippen molar-refractivity contribution in [3.8, 4) is 0 Å². The van der Waals surface area contributed by atoms with Gasteiger partial charge in [-0.25, -0.2) is 4.99 Å². The Kier molecular flexibility index (Phi) is 3.72. The number of rotatable bonds is 2. The summed E-state index contributed by atoms with van der Waals surface area (Å²) in [6.07, 6.45) is 3.54. The monoisotopic (exact) mass is 348 g/mol. The number of nitrogens with zero attached hydrogens (tertiary/aromatic N) is 3. The van der Waals surface area contributed by atoms with Crippen molar-refractivity contribution in [2.45, 2.75) is 0 Å². The van der Waals surface area contributed by atoms with Crippen LogP contribution in [0, 0.1) is 0 Å². The molecule has 3 aromatic carbocycles. The number of hydrogen-bond acceptors (Lipinski definition) is 4. The van der Waals surface area contributed by atoms with E-state index in [2.05, 4.69) is 46.8 Å². The van der Waals surface area contributed by atoms with Crippen LogP contribution in [0.1, 0.15) is 16.7 Å². The Morgan fingerprint density at radius 2 is 1.52 bits per heavy atom. The van der Waals surface area contributed by atoms with Crippen LogP contribution in [-0.4, -0.2) is 16.5 Å². The molecule has 0 saturated heterocycles. The van der Waals surface area contributed by atoms with Crippen molar-refractivity contribution in [1.29, 1.82) is 0 Å². The first-order chi connectivity index (χ1) is 13.4. The van der Waals surface area contributed by atoms with Gasteiger partial charge in [-0.1, -0.05) is 60.7 Å². The SMILES string of the molecule is c1ccc(C2=NNC(c3cccnc3)=Nc3c2ccc2ccccc32)cc1. The highest BCUT2D eigenvalue weighted by Gasteiger charge is 2.19. The summed E-state index contributed by atoms with van der Waals surface area (Å²) in [6.45, 7) is 0. The van der Waals surface area contributed by atoms with E-state index in [-0.39, 0.29) is 0 Å². The van der Waals surface area contributed by atoms with Crippen LogP contribution < -0.4 is 5.43 Å². The van der Waals surface area contributed by atoms with Crippen molar-refractivity contribution in [2.75, 3.05) is 0 Å². The molecule has 0 atom stereocenters. The first-order valence-electron chi connectivity index (χ1n) is 8.80. The average molecular weight is 348 g/mol. The van der Waals surface area contributed by atoms with Gasteiger partial charge in [0.05, 0.1) is 11.4 Å². The second-order valence-electron chi connectivity index (χ2n) is 6.32. The molecule has 0 saturated carbocycles. The minimum absolute atomic E-state index is 0.687. The van der Waals surface area contributed by atoms with Crippen LogP contribution in [0.5, 0.6) is 0 Å². The van der Waals surface area contributed by atoms with Gasteiger partial charge in [-0.3, -0.25) is 10.4 Å². The van der Waals surface area contributed by atoms with Crippen molar-refractivity contribution >= 4 is 28.0 Å². The predicted molar refractivity (Wildman–Crippen MR) is 110 cm³/mol. The standard InChI is InChI=1S/C23H16N4/c1-2-8-17(9-3-1)21-20-13-12-16-7-4-5-11-19(16)22(20)25-23(27-26-21)18-10-6-14-24-15-18/h1-15H,(H,25,27). The largest absolute Gasteiger partial charge is 0.264 e. The van der Waals surface area contributed by atoms with Gasteiger partial charge in [0, 0.05) is 34.5 Å². The third-order valence-electron chi connectivity index (χ3n) is 4.64. The summed E-state index contributed by atoms with van der Waals surface area (Å²) in [6, 6.07) is 26.6. The molecule has 0 amide bonds. The molecule has 4 nitrogen and oxygen atoms in total. The van der Waals surface area contributed by atoms with Gasteiger partial charge in [0.1, 0.15) is 0 Å². The van der Waals surface area contributed by atoms with Crippen LogP contribution in [0.2, 0.25) is 0 Å². The lowest BCUT2D eigenvalue weighted by Crippen LogP contribution is -2.19. The van der Waals surface area contributed by atoms with E-state index in [9.17, 15) is 0 Å². The number of nitrogens with one attached hydrogen (secondary N) is 1. The molecule has 27 heavy (non-hydrogen) atoms. The van der Waals surface area contributed by atoms with Crippen molar-refractivity contribution in [1.82, 2.24) is 10.4 Å². The zero-order chi connectivity index (χ0) is 18.1. The van der Waals surface area contributed by atoms with Gasteiger partial charge >= 0.3 is 0 Å². The van der Waals surface area contributed by atoms with E-state index in [0.717, 1.165) is 38.9 Å². The zero-order valence-corrected chi connectivity index (χ0v) is 14.5. The predicted octanol–water partition coefficient (Wildman–Crippen LogP) is 4.67. The summed E-state index contributed by atoms with van der Waals surface area (Å²) in [7, 11) is 0. The fourth-order valence-electron chi connectivity index (χ4n) is 3.32. The molecule has 1 aromatic heterocycles. The molecule has 0 spiro atoms. The molecule has 5 rings (SSSR count). The maximum atomic E-state index is 4.96. The summed E-state index contributed by atoms with van der Waals surface area (Å²) in [4.78, 5) is 9.18. The van der Waals surface area contributed by atoms with E-state index in [0.29, 0.717) is 5.84 Å². The number of hydrazone groups is 1. The van der Waals surface area contributed by atoms with E-state index in [1.54, 1.807) is 12.4 Å². The molecule has 0 unspecified atom stereocenters. The van der Waals surface area contributed by atoms with Crippen molar-refractivity contribution in [2.24, 2.45) is 10.1 Å². The van der Waals surface area contributed by atoms with Crippen LogP contribution in [0.4, 0.5) is 5.69 Å². The van der Waals surface area contributed by atoms with Gasteiger partial charge in [-0.05, 0) is 23.6 Å². The van der Waals surface area contributed by atoms with E-state index in [1.807, 2.05) is 42.5 Å². The minimum atomic E-state index is 0.687. The summed E-state index contributed by atoms with van der Waals surface area (Å²) >= 11 is 0. The van der Waals surface area contributed by atoms with Crippen LogP contribution >= 0.6 is 0 Å². The second-order valence-corrected chi connectivity index (χ2v) is 6.32. The fourth-order valence-corrected chi connectivity index (χ4v) is 3.32. The molecule has 1 N–H and O–H groups in total. The molecule has 4 aromatic rings. The highest BCUT2D eigenvalue weighted by molar-refractivity contribution is 6.21. The molecule has 0 aliphatic carbocycles. The first kappa shape index (κ1) is 15.5. The summed E-state index contributed by atoms with van der Waals surface area (Å²) < 4.78 is 0. The molecule has 0 radical (unpaired) electrons. The van der Waals surface area contributed by atoms with E-state index in [1.165, 1.54) is 0 Å². The zero-order valence-electron chi connectivity index (χ0n) is 14.5. The third-order valence-corrected chi connectivity index (χ3v) is 4.64. The number of hydrogen-bond donors (Lipinski definition) is 1. The molecule has 4 heteroatoms. The molecule has 1 aliphatic heterocycles. The number of amidine groups is 1. The van der Waals surface area contributed by atoms with E-state index in [4.69, 9.17) is 10.1 Å². The van der Waals surface area contributed by atoms with Crippen molar-refractivity contribution in [3.05, 3.63) is 108 Å². The lowest BCUT2D eigenvalue weighted by atomic mass is 9.97. The molecule has 2 heterocycles.